The Labute approximate surface area is 93.8 Å². The molecule has 1 unspecified atom stereocenters. The van der Waals surface area contributed by atoms with Crippen molar-refractivity contribution in [2.75, 3.05) is 6.54 Å². The van der Waals surface area contributed by atoms with E-state index in [-0.39, 0.29) is 42.1 Å². The van der Waals surface area contributed by atoms with Crippen LogP contribution in [-0.2, 0) is 4.79 Å². The molecule has 0 aromatic heterocycles. The first-order chi connectivity index (χ1) is 5.29. The molecular formula is C8H12NNaO2. The van der Waals surface area contributed by atoms with Crippen LogP contribution in [0.1, 0.15) is 6.42 Å². The summed E-state index contributed by atoms with van der Waals surface area (Å²) < 4.78 is 0. The first-order valence-electron chi connectivity index (χ1n) is 3.57. The monoisotopic (exact) mass is 177 g/mol. The molecule has 1 aliphatic carbocycles. The van der Waals surface area contributed by atoms with Crippen molar-refractivity contribution in [3.63, 3.8) is 0 Å². The van der Waals surface area contributed by atoms with Gasteiger partial charge in [-0.1, -0.05) is 24.3 Å². The summed E-state index contributed by atoms with van der Waals surface area (Å²) in [5, 5.41) is 11.2. The molecule has 0 amide bonds. The van der Waals surface area contributed by atoms with Crippen LogP contribution in [0, 0.1) is 0 Å². The van der Waals surface area contributed by atoms with Crippen molar-refractivity contribution >= 4 is 35.5 Å². The summed E-state index contributed by atoms with van der Waals surface area (Å²) in [4.78, 5) is 10.1. The van der Waals surface area contributed by atoms with Crippen molar-refractivity contribution in [1.29, 1.82) is 0 Å². The zero-order valence-electron chi connectivity index (χ0n) is 6.16. The Hall–Kier alpha value is -0.0900. The second kappa shape index (κ2) is 6.43. The Bertz CT molecular complexity index is 201. The molecule has 0 saturated heterocycles. The summed E-state index contributed by atoms with van der Waals surface area (Å²) in [6.07, 6.45) is 8.73. The minimum absolute atomic E-state index is 0. The number of allylic oxidation sites excluding steroid dienone is 2. The molecule has 0 fully saturated rings. The molecule has 0 aromatic carbocycles. The maximum atomic E-state index is 10.1. The van der Waals surface area contributed by atoms with Crippen molar-refractivity contribution in [3.8, 4) is 0 Å². The van der Waals surface area contributed by atoms with E-state index in [1.807, 2.05) is 24.3 Å². The average molecular weight is 177 g/mol. The average Bonchev–Trinajstić information content (AvgIpc) is 2.03. The number of hydrogen-bond acceptors (Lipinski definition) is 2. The SMILES string of the molecule is O=C(O)CNC1C=CC=CC1.[NaH]. The van der Waals surface area contributed by atoms with Crippen molar-refractivity contribution < 1.29 is 9.90 Å². The Kier molecular flexibility index (Phi) is 6.38. The maximum absolute atomic E-state index is 10.1. The number of rotatable bonds is 3. The van der Waals surface area contributed by atoms with Crippen molar-refractivity contribution in [1.82, 2.24) is 5.32 Å². The fourth-order valence-electron chi connectivity index (χ4n) is 0.950. The van der Waals surface area contributed by atoms with Crippen LogP contribution in [0.3, 0.4) is 0 Å². The van der Waals surface area contributed by atoms with Crippen LogP contribution in [0.2, 0.25) is 0 Å². The molecule has 0 spiro atoms. The minimum atomic E-state index is -0.812. The third-order valence-electron chi connectivity index (χ3n) is 1.50. The second-order valence-corrected chi connectivity index (χ2v) is 2.43. The number of aliphatic carboxylic acids is 1. The van der Waals surface area contributed by atoms with Gasteiger partial charge in [0.1, 0.15) is 0 Å². The summed E-state index contributed by atoms with van der Waals surface area (Å²) in [5.41, 5.74) is 0. The van der Waals surface area contributed by atoms with Gasteiger partial charge in [0.2, 0.25) is 0 Å². The zero-order valence-corrected chi connectivity index (χ0v) is 6.16. The van der Waals surface area contributed by atoms with E-state index in [4.69, 9.17) is 5.11 Å². The Morgan fingerprint density at radius 1 is 1.58 bits per heavy atom. The van der Waals surface area contributed by atoms with E-state index in [1.165, 1.54) is 0 Å². The van der Waals surface area contributed by atoms with E-state index in [1.54, 1.807) is 0 Å². The van der Waals surface area contributed by atoms with Crippen LogP contribution in [0.15, 0.2) is 24.3 Å². The van der Waals surface area contributed by atoms with Gasteiger partial charge in [-0.15, -0.1) is 0 Å². The fraction of sp³-hybridized carbons (Fsp3) is 0.375. The first kappa shape index (κ1) is 11.9. The van der Waals surface area contributed by atoms with Crippen LogP contribution in [0.5, 0.6) is 0 Å². The Morgan fingerprint density at radius 3 is 2.83 bits per heavy atom. The predicted molar refractivity (Wildman–Crippen MR) is 49.5 cm³/mol. The van der Waals surface area contributed by atoms with Crippen LogP contribution >= 0.6 is 0 Å². The topological polar surface area (TPSA) is 49.3 Å². The zero-order chi connectivity index (χ0) is 8.10. The van der Waals surface area contributed by atoms with Crippen LogP contribution < -0.4 is 5.32 Å². The van der Waals surface area contributed by atoms with Gasteiger partial charge in [0.05, 0.1) is 6.54 Å². The normalized spacial score (nSPS) is 20.2. The molecule has 0 aliphatic heterocycles. The number of carboxylic acids is 1. The molecule has 12 heavy (non-hydrogen) atoms. The van der Waals surface area contributed by atoms with E-state index in [0.29, 0.717) is 0 Å². The molecule has 0 aromatic rings. The molecule has 62 valence electrons. The van der Waals surface area contributed by atoms with E-state index in [2.05, 4.69) is 5.32 Å². The van der Waals surface area contributed by atoms with Crippen molar-refractivity contribution in [2.45, 2.75) is 12.5 Å². The van der Waals surface area contributed by atoms with Gasteiger partial charge in [-0.2, -0.15) is 0 Å². The van der Waals surface area contributed by atoms with Gasteiger partial charge in [-0.25, -0.2) is 0 Å². The first-order valence-corrected chi connectivity index (χ1v) is 3.57. The number of carbonyl (C=O) groups is 1. The van der Waals surface area contributed by atoms with Crippen LogP contribution in [0.25, 0.3) is 0 Å². The second-order valence-electron chi connectivity index (χ2n) is 2.43. The number of nitrogens with one attached hydrogen (secondary N) is 1. The number of carboxylic acid groups (broad SMARTS) is 1. The third kappa shape index (κ3) is 4.72. The fourth-order valence-corrected chi connectivity index (χ4v) is 0.950. The third-order valence-corrected chi connectivity index (χ3v) is 1.50. The Morgan fingerprint density at radius 2 is 2.33 bits per heavy atom. The summed E-state index contributed by atoms with van der Waals surface area (Å²) in [6, 6.07) is 0.191. The van der Waals surface area contributed by atoms with E-state index in [9.17, 15) is 4.79 Å². The van der Waals surface area contributed by atoms with Crippen LogP contribution in [-0.4, -0.2) is 53.2 Å². The molecular weight excluding hydrogens is 165 g/mol. The molecule has 1 atom stereocenters. The quantitative estimate of drug-likeness (QED) is 0.592. The molecule has 4 heteroatoms. The molecule has 2 N–H and O–H groups in total. The molecule has 0 heterocycles. The van der Waals surface area contributed by atoms with Gasteiger partial charge >= 0.3 is 35.5 Å². The Balaban J connectivity index is 0.00000121. The van der Waals surface area contributed by atoms with E-state index < -0.39 is 5.97 Å². The molecule has 0 bridgehead atoms. The molecule has 1 rings (SSSR count). The van der Waals surface area contributed by atoms with Gasteiger partial charge in [-0.05, 0) is 6.42 Å². The summed E-state index contributed by atoms with van der Waals surface area (Å²) >= 11 is 0. The standard InChI is InChI=1S/C8H11NO2.Na.H/c10-8(11)6-9-7-4-2-1-3-5-7;;/h1-4,7,9H,5-6H2,(H,10,11);;. The van der Waals surface area contributed by atoms with Gasteiger partial charge in [0.15, 0.2) is 0 Å². The molecule has 1 aliphatic rings. The molecule has 3 nitrogen and oxygen atoms in total. The van der Waals surface area contributed by atoms with Gasteiger partial charge in [0.25, 0.3) is 0 Å². The number of hydrogen-bond donors (Lipinski definition) is 2. The van der Waals surface area contributed by atoms with E-state index >= 15 is 0 Å². The van der Waals surface area contributed by atoms with E-state index in [0.717, 1.165) is 6.42 Å². The summed E-state index contributed by atoms with van der Waals surface area (Å²) in [6.45, 7) is 0.0306. The van der Waals surface area contributed by atoms with Crippen molar-refractivity contribution in [2.24, 2.45) is 0 Å². The molecule has 0 saturated carbocycles. The van der Waals surface area contributed by atoms with Gasteiger partial charge < -0.3 is 10.4 Å². The van der Waals surface area contributed by atoms with Crippen molar-refractivity contribution in [3.05, 3.63) is 24.3 Å². The molecule has 0 radical (unpaired) electrons. The van der Waals surface area contributed by atoms with Crippen LogP contribution in [0.4, 0.5) is 0 Å². The predicted octanol–water partition coefficient (Wildman–Crippen LogP) is -0.103. The van der Waals surface area contributed by atoms with Gasteiger partial charge in [0, 0.05) is 6.04 Å². The summed E-state index contributed by atoms with van der Waals surface area (Å²) in [5.74, 6) is -0.812. The van der Waals surface area contributed by atoms with Gasteiger partial charge in [-0.3, -0.25) is 4.79 Å². The summed E-state index contributed by atoms with van der Waals surface area (Å²) in [7, 11) is 0.